The normalized spacial score (nSPS) is 11.4. The van der Waals surface area contributed by atoms with E-state index >= 15 is 0 Å². The average Bonchev–Trinajstić information content (AvgIpc) is 2.24. The molecule has 0 aromatic carbocycles. The van der Waals surface area contributed by atoms with Gasteiger partial charge in [0.2, 0.25) is 0 Å². The van der Waals surface area contributed by atoms with Gasteiger partial charge < -0.3 is 16.7 Å². The van der Waals surface area contributed by atoms with Gasteiger partial charge in [0.1, 0.15) is 12.5 Å². The molecule has 0 bridgehead atoms. The van der Waals surface area contributed by atoms with Gasteiger partial charge in [-0.2, -0.15) is 0 Å². The molecule has 0 aliphatic heterocycles. The van der Waals surface area contributed by atoms with Gasteiger partial charge in [0.25, 0.3) is 0 Å². The van der Waals surface area contributed by atoms with Crippen molar-refractivity contribution < 1.29 is 43.2 Å². The molecular weight excluding hydrogens is 320 g/mol. The van der Waals surface area contributed by atoms with Gasteiger partial charge in [-0.25, -0.2) is 9.59 Å². The lowest BCUT2D eigenvalue weighted by Crippen LogP contribution is -2.14. The van der Waals surface area contributed by atoms with E-state index in [0.29, 0.717) is 12.5 Å². The molecular formula is C8H8O10S2. The van der Waals surface area contributed by atoms with E-state index in [9.17, 15) is 26.4 Å². The third-order valence-electron chi connectivity index (χ3n) is 1.10. The molecule has 10 nitrogen and oxygen atoms in total. The molecule has 0 aliphatic rings. The first-order valence-corrected chi connectivity index (χ1v) is 7.02. The van der Waals surface area contributed by atoms with Crippen LogP contribution in [0.5, 0.6) is 0 Å². The average molecular weight is 328 g/mol. The van der Waals surface area contributed by atoms with Crippen molar-refractivity contribution in [3.05, 3.63) is 37.8 Å². The lowest BCUT2D eigenvalue weighted by molar-refractivity contribution is -0.131. The zero-order valence-corrected chi connectivity index (χ0v) is 11.3. The molecule has 0 aliphatic carbocycles. The summed E-state index contributed by atoms with van der Waals surface area (Å²) in [6.07, 6.45) is 1.55. The maximum atomic E-state index is 10.9. The van der Waals surface area contributed by atoms with Crippen molar-refractivity contribution in [2.24, 2.45) is 0 Å². The van der Waals surface area contributed by atoms with Crippen LogP contribution in [0.4, 0.5) is 0 Å². The highest BCUT2D eigenvalue weighted by Crippen LogP contribution is 2.00. The maximum Gasteiger partial charge on any atom is 0.503 e. The Hall–Kier alpha value is -2.34. The summed E-state index contributed by atoms with van der Waals surface area (Å²) in [6.45, 7) is 5.82. The summed E-state index contributed by atoms with van der Waals surface area (Å²) in [4.78, 5) is 21.8. The monoisotopic (exact) mass is 328 g/mol. The van der Waals surface area contributed by atoms with Crippen molar-refractivity contribution in [2.45, 2.75) is 0 Å². The highest BCUT2D eigenvalue weighted by Gasteiger charge is 2.18. The second-order valence-electron chi connectivity index (χ2n) is 2.48. The number of hydrogen-bond acceptors (Lipinski definition) is 10. The summed E-state index contributed by atoms with van der Waals surface area (Å²) in [5.74, 6) is -3.07. The van der Waals surface area contributed by atoms with Crippen molar-refractivity contribution in [3.8, 4) is 0 Å². The minimum absolute atomic E-state index is 0.287. The summed E-state index contributed by atoms with van der Waals surface area (Å²) in [5, 5.41) is 0. The summed E-state index contributed by atoms with van der Waals surface area (Å²) in [6, 6.07) is 0. The largest absolute Gasteiger partial charge is 0.503 e. The van der Waals surface area contributed by atoms with E-state index in [2.05, 4.69) is 29.9 Å². The summed E-state index contributed by atoms with van der Waals surface area (Å²) < 4.78 is 58.3. The smallest absolute Gasteiger partial charge is 0.361 e. The van der Waals surface area contributed by atoms with Crippen LogP contribution >= 0.6 is 0 Å². The standard InChI is InChI=1S/C8H8O10S2/c1-3-15-19(11,12)17-7(9)5-6-8(10)18-20(13,14)16-4-2/h3-6H,1-2H2. The van der Waals surface area contributed by atoms with Crippen LogP contribution in [-0.2, 0) is 47.1 Å². The van der Waals surface area contributed by atoms with E-state index in [-0.39, 0.29) is 12.2 Å². The predicted octanol–water partition coefficient (Wildman–Crippen LogP) is -0.561. The topological polar surface area (TPSA) is 139 Å². The van der Waals surface area contributed by atoms with Crippen molar-refractivity contribution in [2.75, 3.05) is 0 Å². The van der Waals surface area contributed by atoms with Crippen molar-refractivity contribution in [1.82, 2.24) is 0 Å². The lowest BCUT2D eigenvalue weighted by Gasteiger charge is -2.01. The number of carbonyl (C=O) groups excluding carboxylic acids is 2. The molecule has 0 radical (unpaired) electrons. The highest BCUT2D eigenvalue weighted by molar-refractivity contribution is 7.82. The second-order valence-corrected chi connectivity index (χ2v) is 4.83. The zero-order valence-electron chi connectivity index (χ0n) is 9.62. The molecule has 112 valence electrons. The van der Waals surface area contributed by atoms with Crippen molar-refractivity contribution in [3.63, 3.8) is 0 Å². The molecule has 0 rings (SSSR count). The van der Waals surface area contributed by atoms with E-state index in [4.69, 9.17) is 0 Å². The Bertz CT molecular complexity index is 568. The molecule has 0 aromatic rings. The van der Waals surface area contributed by atoms with Crippen molar-refractivity contribution in [1.29, 1.82) is 0 Å². The molecule has 20 heavy (non-hydrogen) atoms. The molecule has 0 N–H and O–H groups in total. The fourth-order valence-electron chi connectivity index (χ4n) is 0.599. The van der Waals surface area contributed by atoms with Crippen LogP contribution in [0.3, 0.4) is 0 Å². The first kappa shape index (κ1) is 17.7. The third kappa shape index (κ3) is 7.88. The molecule has 0 amide bonds. The second kappa shape index (κ2) is 7.30. The molecule has 0 aromatic heterocycles. The van der Waals surface area contributed by atoms with Crippen LogP contribution in [0.1, 0.15) is 0 Å². The third-order valence-corrected chi connectivity index (χ3v) is 2.58. The molecule has 0 fully saturated rings. The van der Waals surface area contributed by atoms with Gasteiger partial charge in [0.15, 0.2) is 0 Å². The molecule has 0 saturated heterocycles. The van der Waals surface area contributed by atoms with Gasteiger partial charge in [-0.1, -0.05) is 13.2 Å². The molecule has 0 saturated carbocycles. The molecule has 0 spiro atoms. The quantitative estimate of drug-likeness (QED) is 0.420. The Kier molecular flexibility index (Phi) is 6.44. The van der Waals surface area contributed by atoms with E-state index < -0.39 is 32.7 Å². The van der Waals surface area contributed by atoms with E-state index in [1.54, 1.807) is 0 Å². The van der Waals surface area contributed by atoms with Crippen LogP contribution in [0, 0.1) is 0 Å². The fraction of sp³-hybridized carbons (Fsp3) is 0. The number of hydrogen-bond donors (Lipinski definition) is 0. The Labute approximate surface area is 114 Å². The minimum Gasteiger partial charge on any atom is -0.361 e. The molecule has 0 atom stereocenters. The summed E-state index contributed by atoms with van der Waals surface area (Å²) >= 11 is 0. The predicted molar refractivity (Wildman–Crippen MR) is 61.7 cm³/mol. The van der Waals surface area contributed by atoms with Crippen LogP contribution < -0.4 is 0 Å². The first-order valence-electron chi connectivity index (χ1n) is 4.35. The van der Waals surface area contributed by atoms with Gasteiger partial charge >= 0.3 is 32.7 Å². The zero-order chi connectivity index (χ0) is 15.8. The minimum atomic E-state index is -4.65. The van der Waals surface area contributed by atoms with Gasteiger partial charge in [0, 0.05) is 12.2 Å². The van der Waals surface area contributed by atoms with E-state index in [0.717, 1.165) is 0 Å². The molecule has 0 unspecified atom stereocenters. The highest BCUT2D eigenvalue weighted by atomic mass is 32.3. The Balaban J connectivity index is 4.58. The summed E-state index contributed by atoms with van der Waals surface area (Å²) in [5.41, 5.74) is 0. The van der Waals surface area contributed by atoms with Gasteiger partial charge in [-0.15, -0.1) is 16.8 Å². The van der Waals surface area contributed by atoms with Crippen LogP contribution in [0.2, 0.25) is 0 Å². The number of carbonyl (C=O) groups is 2. The van der Waals surface area contributed by atoms with Crippen molar-refractivity contribution >= 4 is 32.7 Å². The Morgan fingerprint density at radius 1 is 0.750 bits per heavy atom. The van der Waals surface area contributed by atoms with E-state index in [1.165, 1.54) is 0 Å². The van der Waals surface area contributed by atoms with E-state index in [1.807, 2.05) is 0 Å². The fourth-order valence-corrected chi connectivity index (χ4v) is 1.52. The Morgan fingerprint density at radius 3 is 1.30 bits per heavy atom. The van der Waals surface area contributed by atoms with Gasteiger partial charge in [-0.05, 0) is 0 Å². The van der Waals surface area contributed by atoms with Gasteiger partial charge in [0.05, 0.1) is 0 Å². The summed E-state index contributed by atoms with van der Waals surface area (Å²) in [7, 11) is -9.30. The number of rotatable bonds is 8. The van der Waals surface area contributed by atoms with Gasteiger partial charge in [-0.3, -0.25) is 0 Å². The molecule has 12 heteroatoms. The lowest BCUT2D eigenvalue weighted by atomic mass is 10.5. The first-order chi connectivity index (χ1) is 9.12. The van der Waals surface area contributed by atoms with Crippen LogP contribution in [0.25, 0.3) is 0 Å². The van der Waals surface area contributed by atoms with Crippen LogP contribution in [0.15, 0.2) is 37.8 Å². The Morgan fingerprint density at radius 2 is 1.05 bits per heavy atom. The SMILES string of the molecule is C=COS(=O)(=O)OC(=O)C=CC(=O)OS(=O)(=O)OC=C. The maximum absolute atomic E-state index is 10.9. The molecule has 0 heterocycles. The van der Waals surface area contributed by atoms with Crippen LogP contribution in [-0.4, -0.2) is 28.8 Å².